The van der Waals surface area contributed by atoms with Gasteiger partial charge in [-0.25, -0.2) is 0 Å². The highest BCUT2D eigenvalue weighted by molar-refractivity contribution is 6.15. The fourth-order valence-electron chi connectivity index (χ4n) is 14.9. The summed E-state index contributed by atoms with van der Waals surface area (Å²) in [6.07, 6.45) is 3.86. The van der Waals surface area contributed by atoms with Crippen molar-refractivity contribution >= 4 is 77.6 Å². The first-order valence-corrected chi connectivity index (χ1v) is 30.4. The number of nitrogens with zero attached hydrogens (tertiary/aromatic N) is 3. The molecule has 17 rings (SSSR count). The van der Waals surface area contributed by atoms with Crippen LogP contribution in [0.15, 0.2) is 298 Å². The number of para-hydroxylation sites is 4. The van der Waals surface area contributed by atoms with Gasteiger partial charge in [-0.15, -0.1) is 0 Å². The van der Waals surface area contributed by atoms with Crippen LogP contribution in [0, 0.1) is 13.8 Å². The zero-order valence-corrected chi connectivity index (χ0v) is 49.0. The standard InChI is InChI=1S/C85H59N3/c1-5-56-26-35-64(36-27-56)85(65-37-28-57(6-2)29-38-65)77-47-54(3)25-39-69(77)70-40-30-62(53-78(70)85)63-45-55(4)46-68(48-63)88-83-43-33-60(58-31-41-81-73(49-58)71-21-13-15-23-79(71)86(81)66-17-9-7-10-18-66)51-75(83)76-52-61(34-44-84(76)88)59-32-42-82-74(50-59)72-22-14-16-24-80(72)87(82)67-19-11-8-12-20-67/h5-53H,1-2H2,3-4H3. The van der Waals surface area contributed by atoms with Crippen LogP contribution in [0.2, 0.25) is 0 Å². The van der Waals surface area contributed by atoms with Gasteiger partial charge in [-0.05, 0) is 200 Å². The second-order valence-electron chi connectivity index (χ2n) is 23.9. The number of fused-ring (bicyclic) bond motifs is 12. The van der Waals surface area contributed by atoms with Crippen molar-refractivity contribution in [2.24, 2.45) is 0 Å². The molecule has 0 saturated carbocycles. The van der Waals surface area contributed by atoms with Crippen molar-refractivity contribution in [2.75, 3.05) is 0 Å². The lowest BCUT2D eigenvalue weighted by Gasteiger charge is -2.34. The molecule has 3 heterocycles. The van der Waals surface area contributed by atoms with Gasteiger partial charge in [0.25, 0.3) is 0 Å². The number of hydrogen-bond acceptors (Lipinski definition) is 0. The Morgan fingerprint density at radius 2 is 0.648 bits per heavy atom. The second-order valence-corrected chi connectivity index (χ2v) is 23.9. The summed E-state index contributed by atoms with van der Waals surface area (Å²) in [5.41, 5.74) is 29.1. The van der Waals surface area contributed by atoms with Crippen LogP contribution in [-0.4, -0.2) is 13.7 Å². The third-order valence-electron chi connectivity index (χ3n) is 18.9. The lowest BCUT2D eigenvalue weighted by atomic mass is 9.67. The number of rotatable bonds is 10. The number of aromatic nitrogens is 3. The maximum Gasteiger partial charge on any atom is 0.0713 e. The van der Waals surface area contributed by atoms with Crippen LogP contribution in [0.5, 0.6) is 0 Å². The summed E-state index contributed by atoms with van der Waals surface area (Å²) in [5.74, 6) is 0. The Hall–Kier alpha value is -11.3. The molecule has 3 heteroatoms. The average Bonchev–Trinajstić information content (AvgIpc) is 1.61. The molecule has 16 aromatic rings. The van der Waals surface area contributed by atoms with Gasteiger partial charge in [0.1, 0.15) is 0 Å². The summed E-state index contributed by atoms with van der Waals surface area (Å²) in [5, 5.41) is 7.34. The Morgan fingerprint density at radius 1 is 0.273 bits per heavy atom. The Bertz CT molecular complexity index is 5270. The molecule has 0 radical (unpaired) electrons. The quantitative estimate of drug-likeness (QED) is 0.130. The molecule has 3 nitrogen and oxygen atoms in total. The van der Waals surface area contributed by atoms with Crippen molar-refractivity contribution in [3.05, 3.63) is 343 Å². The molecule has 1 aliphatic carbocycles. The Morgan fingerprint density at radius 3 is 1.11 bits per heavy atom. The van der Waals surface area contributed by atoms with Crippen molar-refractivity contribution in [3.63, 3.8) is 0 Å². The van der Waals surface area contributed by atoms with E-state index in [2.05, 4.69) is 326 Å². The summed E-state index contributed by atoms with van der Waals surface area (Å²) < 4.78 is 7.28. The largest absolute Gasteiger partial charge is 0.309 e. The van der Waals surface area contributed by atoms with Crippen molar-refractivity contribution in [1.29, 1.82) is 0 Å². The molecule has 88 heavy (non-hydrogen) atoms. The van der Waals surface area contributed by atoms with Crippen molar-refractivity contribution in [3.8, 4) is 61.6 Å². The molecule has 0 amide bonds. The van der Waals surface area contributed by atoms with E-state index < -0.39 is 5.41 Å². The molecular weight excluding hydrogens is 1060 g/mol. The lowest BCUT2D eigenvalue weighted by molar-refractivity contribution is 0.767. The topological polar surface area (TPSA) is 14.8 Å². The summed E-state index contributed by atoms with van der Waals surface area (Å²) in [4.78, 5) is 0. The molecule has 0 N–H and O–H groups in total. The molecule has 0 saturated heterocycles. The zero-order valence-electron chi connectivity index (χ0n) is 49.0. The van der Waals surface area contributed by atoms with Crippen molar-refractivity contribution < 1.29 is 0 Å². The van der Waals surface area contributed by atoms with Gasteiger partial charge in [0.2, 0.25) is 0 Å². The first-order chi connectivity index (χ1) is 43.3. The first kappa shape index (κ1) is 51.2. The van der Waals surface area contributed by atoms with Crippen LogP contribution in [0.3, 0.4) is 0 Å². The zero-order chi connectivity index (χ0) is 58.8. The van der Waals surface area contributed by atoms with Gasteiger partial charge in [-0.3, -0.25) is 0 Å². The summed E-state index contributed by atoms with van der Waals surface area (Å²) in [7, 11) is 0. The highest BCUT2D eigenvalue weighted by Gasteiger charge is 2.46. The van der Waals surface area contributed by atoms with Crippen LogP contribution in [0.4, 0.5) is 0 Å². The van der Waals surface area contributed by atoms with E-state index in [1.54, 1.807) is 0 Å². The third kappa shape index (κ3) is 7.77. The van der Waals surface area contributed by atoms with Crippen LogP contribution < -0.4 is 0 Å². The van der Waals surface area contributed by atoms with Gasteiger partial charge < -0.3 is 13.7 Å². The second kappa shape index (κ2) is 19.9. The molecule has 0 fully saturated rings. The predicted molar refractivity (Wildman–Crippen MR) is 373 cm³/mol. The van der Waals surface area contributed by atoms with Gasteiger partial charge in [-0.2, -0.15) is 0 Å². The summed E-state index contributed by atoms with van der Waals surface area (Å²) in [6, 6.07) is 107. The van der Waals surface area contributed by atoms with E-state index in [4.69, 9.17) is 0 Å². The fourth-order valence-corrected chi connectivity index (χ4v) is 14.9. The number of aryl methyl sites for hydroxylation is 2. The normalized spacial score (nSPS) is 12.6. The van der Waals surface area contributed by atoms with Gasteiger partial charge in [0, 0.05) is 49.4 Å². The highest BCUT2D eigenvalue weighted by Crippen LogP contribution is 2.57. The van der Waals surface area contributed by atoms with Crippen LogP contribution in [0.1, 0.15) is 44.5 Å². The molecule has 3 aromatic heterocycles. The number of benzene rings is 13. The maximum atomic E-state index is 4.12. The monoisotopic (exact) mass is 1120 g/mol. The van der Waals surface area contributed by atoms with E-state index in [0.717, 1.165) is 44.8 Å². The molecule has 0 bridgehead atoms. The number of hydrogen-bond donors (Lipinski definition) is 0. The van der Waals surface area contributed by atoms with Crippen LogP contribution >= 0.6 is 0 Å². The third-order valence-corrected chi connectivity index (χ3v) is 18.9. The molecule has 0 unspecified atom stereocenters. The molecule has 0 aliphatic heterocycles. The minimum atomic E-state index is -0.589. The lowest BCUT2D eigenvalue weighted by Crippen LogP contribution is -2.28. The average molecular weight is 1120 g/mol. The van der Waals surface area contributed by atoms with Gasteiger partial charge in [0.15, 0.2) is 0 Å². The van der Waals surface area contributed by atoms with E-state index in [0.29, 0.717) is 0 Å². The van der Waals surface area contributed by atoms with Crippen molar-refractivity contribution in [1.82, 2.24) is 13.7 Å². The molecule has 13 aromatic carbocycles. The fraction of sp³-hybridized carbons (Fsp3) is 0.0353. The van der Waals surface area contributed by atoms with E-state index in [1.165, 1.54) is 127 Å². The highest BCUT2D eigenvalue weighted by atomic mass is 15.0. The smallest absolute Gasteiger partial charge is 0.0713 e. The molecule has 1 aliphatic rings. The molecule has 414 valence electrons. The predicted octanol–water partition coefficient (Wildman–Crippen LogP) is 22.2. The van der Waals surface area contributed by atoms with E-state index in [-0.39, 0.29) is 0 Å². The minimum absolute atomic E-state index is 0.589. The Kier molecular flexibility index (Phi) is 11.6. The first-order valence-electron chi connectivity index (χ1n) is 30.4. The molecule has 0 atom stereocenters. The van der Waals surface area contributed by atoms with Gasteiger partial charge in [0.05, 0.1) is 38.5 Å². The SMILES string of the molecule is C=Cc1ccc(C2(c3ccc(C=C)cc3)c3cc(C)ccc3-c3ccc(-c4cc(C)cc(-n5c6ccc(-c7ccc8c(c7)c7ccccc7n8-c7ccccc7)cc6c6cc(-c7ccc8c(c7)c7ccccc7n8-c7ccccc7)ccc65)c4)cc32)cc1. The van der Waals surface area contributed by atoms with Crippen LogP contribution in [0.25, 0.3) is 139 Å². The van der Waals surface area contributed by atoms with Gasteiger partial charge >= 0.3 is 0 Å². The van der Waals surface area contributed by atoms with Crippen molar-refractivity contribution in [2.45, 2.75) is 19.3 Å². The van der Waals surface area contributed by atoms with E-state index in [9.17, 15) is 0 Å². The molecular formula is C85H59N3. The van der Waals surface area contributed by atoms with Crippen LogP contribution in [-0.2, 0) is 5.41 Å². The van der Waals surface area contributed by atoms with E-state index in [1.807, 2.05) is 12.2 Å². The Labute approximate surface area is 511 Å². The Balaban J connectivity index is 0.860. The molecule has 0 spiro atoms. The summed E-state index contributed by atoms with van der Waals surface area (Å²) >= 11 is 0. The summed E-state index contributed by atoms with van der Waals surface area (Å²) in [6.45, 7) is 12.7. The maximum absolute atomic E-state index is 4.12. The van der Waals surface area contributed by atoms with Gasteiger partial charge in [-0.1, -0.05) is 213 Å². The minimum Gasteiger partial charge on any atom is -0.309 e. The van der Waals surface area contributed by atoms with E-state index >= 15 is 0 Å².